The van der Waals surface area contributed by atoms with Crippen LogP contribution in [0, 0.1) is 5.82 Å². The molecule has 28 heavy (non-hydrogen) atoms. The number of aliphatic hydroxyl groups excluding tert-OH is 4. The summed E-state index contributed by atoms with van der Waals surface area (Å²) in [4.78, 5) is 2.35. The van der Waals surface area contributed by atoms with Crippen LogP contribution >= 0.6 is 0 Å². The number of halogens is 1. The van der Waals surface area contributed by atoms with Gasteiger partial charge in [-0.2, -0.15) is 0 Å². The lowest BCUT2D eigenvalue weighted by Crippen LogP contribution is -2.55. The van der Waals surface area contributed by atoms with Gasteiger partial charge < -0.3 is 34.8 Å². The average Bonchev–Trinajstić information content (AvgIpc) is 2.69. The summed E-state index contributed by atoms with van der Waals surface area (Å²) < 4.78 is 25.7. The van der Waals surface area contributed by atoms with Crippen LogP contribution in [0.2, 0.25) is 0 Å². The molecule has 3 rings (SSSR count). The maximum Gasteiger partial charge on any atom is 0.165 e. The van der Waals surface area contributed by atoms with Crippen molar-refractivity contribution in [1.29, 1.82) is 0 Å². The van der Waals surface area contributed by atoms with E-state index < -0.39 is 42.9 Å². The topological polar surface area (TPSA) is 103 Å². The predicted octanol–water partition coefficient (Wildman–Crippen LogP) is 0.592. The van der Waals surface area contributed by atoms with Crippen molar-refractivity contribution in [3.8, 4) is 5.75 Å². The summed E-state index contributed by atoms with van der Waals surface area (Å²) in [5.74, 6) is -0.447. The van der Waals surface area contributed by atoms with E-state index in [0.717, 1.165) is 25.9 Å². The number of nitrogens with zero attached hydrogens (tertiary/aromatic N) is 1. The van der Waals surface area contributed by atoms with Crippen LogP contribution in [0.15, 0.2) is 18.2 Å². The van der Waals surface area contributed by atoms with Crippen LogP contribution in [0.5, 0.6) is 5.75 Å². The molecule has 1 aromatic rings. The normalized spacial score (nSPS) is 32.6. The summed E-state index contributed by atoms with van der Waals surface area (Å²) in [5, 5.41) is 39.5. The van der Waals surface area contributed by atoms with Crippen molar-refractivity contribution in [2.75, 3.05) is 19.7 Å². The van der Waals surface area contributed by atoms with E-state index in [4.69, 9.17) is 9.47 Å². The van der Waals surface area contributed by atoms with Crippen LogP contribution in [0.25, 0.3) is 0 Å². The van der Waals surface area contributed by atoms with Crippen molar-refractivity contribution >= 4 is 0 Å². The van der Waals surface area contributed by atoms with Gasteiger partial charge in [0, 0.05) is 19.1 Å². The molecule has 8 heteroatoms. The van der Waals surface area contributed by atoms with Gasteiger partial charge in [0.25, 0.3) is 0 Å². The number of benzene rings is 1. The smallest absolute Gasteiger partial charge is 0.165 e. The molecule has 2 aliphatic heterocycles. The fourth-order valence-corrected chi connectivity index (χ4v) is 3.85. The van der Waals surface area contributed by atoms with Gasteiger partial charge in [0.2, 0.25) is 0 Å². The molecule has 0 bridgehead atoms. The minimum Gasteiger partial charge on any atom is -0.487 e. The SMILES string of the molecule is CC(C)N1CCC(Oc2cc([C@@H]3O[C@H](CO)[C@@H](O)[C@H](O)[C@H]3O)ccc2F)CC1. The molecule has 2 saturated heterocycles. The van der Waals surface area contributed by atoms with Crippen molar-refractivity contribution < 1.29 is 34.3 Å². The second kappa shape index (κ2) is 9.02. The molecule has 158 valence electrons. The van der Waals surface area contributed by atoms with Crippen LogP contribution in [-0.4, -0.2) is 81.6 Å². The number of likely N-dealkylation sites (tertiary alicyclic amines) is 1. The molecule has 1 aromatic carbocycles. The van der Waals surface area contributed by atoms with Crippen LogP contribution in [-0.2, 0) is 4.74 Å². The fourth-order valence-electron chi connectivity index (χ4n) is 3.85. The van der Waals surface area contributed by atoms with Gasteiger partial charge >= 0.3 is 0 Å². The van der Waals surface area contributed by atoms with Gasteiger partial charge in [0.05, 0.1) is 6.61 Å². The first kappa shape index (κ1) is 21.4. The van der Waals surface area contributed by atoms with Crippen LogP contribution < -0.4 is 4.74 Å². The third-order valence-electron chi connectivity index (χ3n) is 5.68. The van der Waals surface area contributed by atoms with Gasteiger partial charge in [0.15, 0.2) is 11.6 Å². The van der Waals surface area contributed by atoms with Crippen LogP contribution in [0.4, 0.5) is 4.39 Å². The maximum absolute atomic E-state index is 14.3. The highest BCUT2D eigenvalue weighted by atomic mass is 19.1. The zero-order chi connectivity index (χ0) is 20.4. The van der Waals surface area contributed by atoms with Gasteiger partial charge in [-0.1, -0.05) is 6.07 Å². The maximum atomic E-state index is 14.3. The Balaban J connectivity index is 1.73. The summed E-state index contributed by atoms with van der Waals surface area (Å²) in [6, 6.07) is 4.59. The van der Waals surface area contributed by atoms with Crippen molar-refractivity contribution in [1.82, 2.24) is 4.90 Å². The minimum absolute atomic E-state index is 0.0671. The quantitative estimate of drug-likeness (QED) is 0.575. The molecule has 0 amide bonds. The first-order chi connectivity index (χ1) is 13.3. The lowest BCUT2D eigenvalue weighted by Gasteiger charge is -2.40. The second-order valence-corrected chi connectivity index (χ2v) is 7.89. The first-order valence-electron chi connectivity index (χ1n) is 9.82. The van der Waals surface area contributed by atoms with Crippen molar-refractivity contribution in [2.45, 2.75) is 69.4 Å². The number of hydrogen-bond acceptors (Lipinski definition) is 7. The Hall–Kier alpha value is -1.29. The Kier molecular flexibility index (Phi) is 6.90. The standard InChI is InChI=1S/C20H30FNO6/c1-11(2)22-7-5-13(6-8-22)27-15-9-12(3-4-14(15)21)20-19(26)18(25)17(24)16(10-23)28-20/h3-4,9,11,13,16-20,23-26H,5-8,10H2,1-2H3/t16-,17-,18+,19-,20+/m1/s1. The van der Waals surface area contributed by atoms with Gasteiger partial charge in [-0.3, -0.25) is 0 Å². The number of piperidine rings is 1. The Morgan fingerprint density at radius 2 is 1.82 bits per heavy atom. The molecule has 0 radical (unpaired) electrons. The van der Waals surface area contributed by atoms with Gasteiger partial charge in [-0.15, -0.1) is 0 Å². The summed E-state index contributed by atoms with van der Waals surface area (Å²) in [5.41, 5.74) is 0.410. The van der Waals surface area contributed by atoms with E-state index in [0.29, 0.717) is 11.6 Å². The lowest BCUT2D eigenvalue weighted by atomic mass is 9.91. The fraction of sp³-hybridized carbons (Fsp3) is 0.700. The molecule has 2 aliphatic rings. The molecule has 7 nitrogen and oxygen atoms in total. The molecule has 0 spiro atoms. The van der Waals surface area contributed by atoms with E-state index in [1.165, 1.54) is 18.2 Å². The Labute approximate surface area is 164 Å². The second-order valence-electron chi connectivity index (χ2n) is 7.89. The van der Waals surface area contributed by atoms with Gasteiger partial charge in [0.1, 0.15) is 36.6 Å². The van der Waals surface area contributed by atoms with E-state index in [-0.39, 0.29) is 11.9 Å². The predicted molar refractivity (Wildman–Crippen MR) is 99.5 cm³/mol. The Morgan fingerprint density at radius 1 is 1.14 bits per heavy atom. The molecule has 5 atom stereocenters. The summed E-state index contributed by atoms with van der Waals surface area (Å²) >= 11 is 0. The minimum atomic E-state index is -1.48. The average molecular weight is 399 g/mol. The molecule has 0 aliphatic carbocycles. The highest BCUT2D eigenvalue weighted by molar-refractivity contribution is 5.33. The van der Waals surface area contributed by atoms with Gasteiger partial charge in [-0.05, 0) is 44.4 Å². The van der Waals surface area contributed by atoms with Gasteiger partial charge in [-0.25, -0.2) is 4.39 Å². The van der Waals surface area contributed by atoms with E-state index in [1.807, 2.05) is 0 Å². The van der Waals surface area contributed by atoms with Crippen molar-refractivity contribution in [3.05, 3.63) is 29.6 Å². The van der Waals surface area contributed by atoms with Crippen molar-refractivity contribution in [3.63, 3.8) is 0 Å². The molecule has 4 N–H and O–H groups in total. The molecule has 0 saturated carbocycles. The molecule has 0 unspecified atom stereocenters. The van der Waals surface area contributed by atoms with Crippen LogP contribution in [0.1, 0.15) is 38.4 Å². The molecule has 2 heterocycles. The molecule has 2 fully saturated rings. The highest BCUT2D eigenvalue weighted by Crippen LogP contribution is 2.35. The van der Waals surface area contributed by atoms with E-state index in [1.54, 1.807) is 0 Å². The molecular formula is C20H30FNO6. The Morgan fingerprint density at radius 3 is 2.43 bits per heavy atom. The monoisotopic (exact) mass is 399 g/mol. The van der Waals surface area contributed by atoms with Crippen LogP contribution in [0.3, 0.4) is 0 Å². The summed E-state index contributed by atoms with van der Waals surface area (Å²) in [7, 11) is 0. The summed E-state index contributed by atoms with van der Waals surface area (Å²) in [6.45, 7) is 5.54. The number of hydrogen-bond donors (Lipinski definition) is 4. The number of aliphatic hydroxyl groups is 4. The van der Waals surface area contributed by atoms with E-state index >= 15 is 0 Å². The highest BCUT2D eigenvalue weighted by Gasteiger charge is 2.44. The number of ether oxygens (including phenoxy) is 2. The molecule has 0 aromatic heterocycles. The third-order valence-corrected chi connectivity index (χ3v) is 5.68. The van der Waals surface area contributed by atoms with E-state index in [9.17, 15) is 24.8 Å². The third kappa shape index (κ3) is 4.48. The first-order valence-corrected chi connectivity index (χ1v) is 9.82. The summed E-state index contributed by atoms with van der Waals surface area (Å²) in [6.07, 6.45) is -4.87. The molecular weight excluding hydrogens is 369 g/mol. The Bertz CT molecular complexity index is 650. The number of rotatable bonds is 5. The largest absolute Gasteiger partial charge is 0.487 e. The zero-order valence-electron chi connectivity index (χ0n) is 16.2. The van der Waals surface area contributed by atoms with Crippen molar-refractivity contribution in [2.24, 2.45) is 0 Å². The zero-order valence-corrected chi connectivity index (χ0v) is 16.2. The lowest BCUT2D eigenvalue weighted by molar-refractivity contribution is -0.231. The van der Waals surface area contributed by atoms with E-state index in [2.05, 4.69) is 18.7 Å².